The van der Waals surface area contributed by atoms with Crippen LogP contribution in [0.4, 0.5) is 5.69 Å². The molecule has 1 atom stereocenters. The van der Waals surface area contributed by atoms with E-state index < -0.39 is 7.12 Å². The van der Waals surface area contributed by atoms with Gasteiger partial charge in [-0.3, -0.25) is 4.79 Å². The Morgan fingerprint density at radius 2 is 1.84 bits per heavy atom. The van der Waals surface area contributed by atoms with Crippen molar-refractivity contribution in [2.45, 2.75) is 60.1 Å². The summed E-state index contributed by atoms with van der Waals surface area (Å²) in [5.74, 6) is 0.800. The van der Waals surface area contributed by atoms with Gasteiger partial charge in [-0.05, 0) is 68.0 Å². The number of hydrogen-bond acceptors (Lipinski definition) is 6. The Hall–Kier alpha value is -3.13. The van der Waals surface area contributed by atoms with Crippen LogP contribution < -0.4 is 16.2 Å². The minimum atomic E-state index is -0.906. The van der Waals surface area contributed by atoms with E-state index in [-0.39, 0.29) is 17.4 Å². The van der Waals surface area contributed by atoms with Gasteiger partial charge in [-0.25, -0.2) is 4.98 Å². The highest BCUT2D eigenvalue weighted by molar-refractivity contribution is 6.61. The Morgan fingerprint density at radius 1 is 1.08 bits per heavy atom. The van der Waals surface area contributed by atoms with Crippen LogP contribution in [0.25, 0.3) is 22.2 Å². The monoisotopic (exact) mass is 516 g/mol. The maximum absolute atomic E-state index is 13.2. The highest BCUT2D eigenvalue weighted by Gasteiger charge is 2.30. The Kier molecular flexibility index (Phi) is 6.65. The van der Waals surface area contributed by atoms with E-state index >= 15 is 0 Å². The van der Waals surface area contributed by atoms with Crippen LogP contribution in [0.5, 0.6) is 0 Å². The topological polar surface area (TPSA) is 84.6 Å². The normalized spacial score (nSPS) is 13.9. The highest BCUT2D eigenvalue weighted by Crippen LogP contribution is 2.36. The molecular weight excluding hydrogens is 487 g/mol. The van der Waals surface area contributed by atoms with Gasteiger partial charge in [-0.2, -0.15) is 0 Å². The predicted octanol–water partition coefficient (Wildman–Crippen LogP) is 5.95. The van der Waals surface area contributed by atoms with E-state index in [2.05, 4.69) is 16.4 Å². The smallest absolute Gasteiger partial charge is 0.460 e. The summed E-state index contributed by atoms with van der Waals surface area (Å²) < 4.78 is 11.8. The Morgan fingerprint density at radius 3 is 2.57 bits per heavy atom. The first-order valence-corrected chi connectivity index (χ1v) is 12.9. The molecule has 5 rings (SSSR count). The second kappa shape index (κ2) is 9.64. The standard InChI is InChI=1S/C29H30BClN2O4/c1-14(2)28-17(5)27(34)21-12-15(3)11-20(29(21)37-28)18(6)32-24-9-10-25(31)33-26(24)19-7-8-23-22(16(19)4)13-36-30(23)35/h7-12,14,18,32,35H,13H2,1-6H3/t18-/m1/s1. The van der Waals surface area contributed by atoms with Crippen molar-refractivity contribution in [3.05, 3.63) is 85.4 Å². The lowest BCUT2D eigenvalue weighted by atomic mass is 9.77. The van der Waals surface area contributed by atoms with Crippen LogP contribution in [0.2, 0.25) is 5.15 Å². The summed E-state index contributed by atoms with van der Waals surface area (Å²) in [6.07, 6.45) is 0. The largest absolute Gasteiger partial charge is 0.491 e. The third-order valence-corrected chi connectivity index (χ3v) is 7.40. The Bertz CT molecular complexity index is 1600. The number of aromatic nitrogens is 1. The van der Waals surface area contributed by atoms with Crippen molar-refractivity contribution in [1.82, 2.24) is 4.98 Å². The summed E-state index contributed by atoms with van der Waals surface area (Å²) in [6, 6.07) is 11.2. The van der Waals surface area contributed by atoms with Crippen molar-refractivity contribution >= 4 is 40.8 Å². The summed E-state index contributed by atoms with van der Waals surface area (Å²) >= 11 is 6.34. The molecule has 3 heterocycles. The third kappa shape index (κ3) is 4.45. The fourth-order valence-corrected chi connectivity index (χ4v) is 5.38. The molecule has 2 N–H and O–H groups in total. The molecule has 1 aliphatic rings. The second-order valence-corrected chi connectivity index (χ2v) is 10.6. The van der Waals surface area contributed by atoms with Crippen LogP contribution in [0.15, 0.2) is 45.6 Å². The number of anilines is 1. The second-order valence-electron chi connectivity index (χ2n) is 10.2. The predicted molar refractivity (Wildman–Crippen MR) is 150 cm³/mol. The van der Waals surface area contributed by atoms with Crippen LogP contribution in [-0.2, 0) is 11.3 Å². The van der Waals surface area contributed by atoms with Crippen LogP contribution in [0.1, 0.15) is 66.3 Å². The molecule has 0 fully saturated rings. The molecule has 0 saturated heterocycles. The zero-order valence-electron chi connectivity index (χ0n) is 21.9. The fourth-order valence-electron chi connectivity index (χ4n) is 5.23. The maximum Gasteiger partial charge on any atom is 0.491 e. The number of aryl methyl sites for hydroxylation is 1. The van der Waals surface area contributed by atoms with E-state index in [4.69, 9.17) is 20.7 Å². The van der Waals surface area contributed by atoms with Crippen LogP contribution in [-0.4, -0.2) is 17.1 Å². The molecule has 0 radical (unpaired) electrons. The molecule has 4 aromatic rings. The molecular formula is C29H30BClN2O4. The summed E-state index contributed by atoms with van der Waals surface area (Å²) in [5.41, 5.74) is 8.31. The zero-order valence-corrected chi connectivity index (χ0v) is 22.7. The minimum absolute atomic E-state index is 0.00845. The average molecular weight is 517 g/mol. The lowest BCUT2D eigenvalue weighted by Crippen LogP contribution is -2.28. The maximum atomic E-state index is 13.2. The van der Waals surface area contributed by atoms with Gasteiger partial charge in [-0.15, -0.1) is 0 Å². The quantitative estimate of drug-likeness (QED) is 0.252. The van der Waals surface area contributed by atoms with E-state index in [0.29, 0.717) is 39.7 Å². The van der Waals surface area contributed by atoms with Crippen LogP contribution >= 0.6 is 11.6 Å². The molecule has 2 aromatic heterocycles. The molecule has 0 amide bonds. The molecule has 0 aliphatic carbocycles. The number of benzene rings is 2. The third-order valence-electron chi connectivity index (χ3n) is 7.19. The summed E-state index contributed by atoms with van der Waals surface area (Å²) in [4.78, 5) is 17.9. The summed E-state index contributed by atoms with van der Waals surface area (Å²) in [5, 5.41) is 14.7. The first kappa shape index (κ1) is 25.5. The molecule has 1 aliphatic heterocycles. The molecule has 0 unspecified atom stereocenters. The van der Waals surface area contributed by atoms with Gasteiger partial charge in [0.2, 0.25) is 0 Å². The van der Waals surface area contributed by atoms with Crippen molar-refractivity contribution < 1.29 is 14.1 Å². The lowest BCUT2D eigenvalue weighted by Gasteiger charge is -2.21. The number of rotatable bonds is 5. The Labute approximate surface area is 221 Å². The van der Waals surface area contributed by atoms with Gasteiger partial charge in [0.1, 0.15) is 16.5 Å². The van der Waals surface area contributed by atoms with Gasteiger partial charge in [0.15, 0.2) is 5.43 Å². The molecule has 0 saturated carbocycles. The number of nitrogens with zero attached hydrogens (tertiary/aromatic N) is 1. The van der Waals surface area contributed by atoms with E-state index in [9.17, 15) is 9.82 Å². The number of fused-ring (bicyclic) bond motifs is 2. The molecule has 0 bridgehead atoms. The molecule has 8 heteroatoms. The van der Waals surface area contributed by atoms with Crippen molar-refractivity contribution in [1.29, 1.82) is 0 Å². The van der Waals surface area contributed by atoms with Gasteiger partial charge < -0.3 is 19.4 Å². The summed E-state index contributed by atoms with van der Waals surface area (Å²) in [6.45, 7) is 12.3. The van der Waals surface area contributed by atoms with Crippen molar-refractivity contribution in [3.8, 4) is 11.3 Å². The molecule has 6 nitrogen and oxygen atoms in total. The number of hydrogen-bond donors (Lipinski definition) is 2. The first-order valence-electron chi connectivity index (χ1n) is 12.5. The van der Waals surface area contributed by atoms with E-state index in [1.54, 1.807) is 6.07 Å². The molecule has 190 valence electrons. The first-order chi connectivity index (χ1) is 17.6. The molecule has 37 heavy (non-hydrogen) atoms. The number of halogens is 1. The van der Waals surface area contributed by atoms with E-state index in [0.717, 1.165) is 39.0 Å². The SMILES string of the molecule is Cc1cc([C@@H](C)Nc2ccc(Cl)nc2-c2ccc3c(c2C)COB3O)c2oc(C(C)C)c(C)c(=O)c2c1. The van der Waals surface area contributed by atoms with Crippen molar-refractivity contribution in [2.24, 2.45) is 0 Å². The fraction of sp³-hybridized carbons (Fsp3) is 0.310. The van der Waals surface area contributed by atoms with Gasteiger partial charge in [0, 0.05) is 22.6 Å². The van der Waals surface area contributed by atoms with Crippen LogP contribution in [0, 0.1) is 20.8 Å². The minimum Gasteiger partial charge on any atom is -0.460 e. The van der Waals surface area contributed by atoms with Crippen molar-refractivity contribution in [3.63, 3.8) is 0 Å². The van der Waals surface area contributed by atoms with Crippen molar-refractivity contribution in [2.75, 3.05) is 5.32 Å². The lowest BCUT2D eigenvalue weighted by molar-refractivity contribution is 0.275. The number of nitrogens with one attached hydrogen (secondary N) is 1. The van der Waals surface area contributed by atoms with Gasteiger partial charge in [0.25, 0.3) is 0 Å². The number of pyridine rings is 1. The van der Waals surface area contributed by atoms with E-state index in [1.165, 1.54) is 0 Å². The average Bonchev–Trinajstić information content (AvgIpc) is 3.24. The molecule has 2 aromatic carbocycles. The van der Waals surface area contributed by atoms with Gasteiger partial charge in [-0.1, -0.05) is 43.6 Å². The summed E-state index contributed by atoms with van der Waals surface area (Å²) in [7, 11) is -0.906. The van der Waals surface area contributed by atoms with E-state index in [1.807, 2.05) is 65.8 Å². The highest BCUT2D eigenvalue weighted by atomic mass is 35.5. The Balaban J connectivity index is 1.62. The van der Waals surface area contributed by atoms with Gasteiger partial charge >= 0.3 is 7.12 Å². The van der Waals surface area contributed by atoms with Crippen LogP contribution in [0.3, 0.4) is 0 Å². The van der Waals surface area contributed by atoms with Gasteiger partial charge in [0.05, 0.1) is 29.4 Å². The molecule has 0 spiro atoms. The zero-order chi connectivity index (χ0) is 26.6.